The number of halogens is 1. The molecule has 0 atom stereocenters. The molecule has 2 heterocycles. The molecule has 0 aliphatic heterocycles. The number of benzene rings is 1. The topological polar surface area (TPSA) is 42.0 Å². The van der Waals surface area contributed by atoms with Gasteiger partial charge in [0.1, 0.15) is 0 Å². The fourth-order valence-corrected chi connectivity index (χ4v) is 4.24. The van der Waals surface area contributed by atoms with E-state index in [1.165, 1.54) is 33.1 Å². The molecular weight excluding hydrogens is 324 g/mol. The van der Waals surface area contributed by atoms with Gasteiger partial charge in [0.15, 0.2) is 5.13 Å². The number of thiophene rings is 1. The van der Waals surface area contributed by atoms with Crippen molar-refractivity contribution < 1.29 is 4.79 Å². The molecule has 1 N–H and O–H groups in total. The number of carbonyl (C=O) groups is 1. The van der Waals surface area contributed by atoms with Crippen LogP contribution >= 0.6 is 34.3 Å². The second kappa shape index (κ2) is 5.75. The molecule has 21 heavy (non-hydrogen) atoms. The molecule has 1 aromatic carbocycles. The van der Waals surface area contributed by atoms with Gasteiger partial charge < -0.3 is 0 Å². The van der Waals surface area contributed by atoms with Gasteiger partial charge in [-0.2, -0.15) is 0 Å². The van der Waals surface area contributed by atoms with E-state index in [4.69, 9.17) is 11.6 Å². The van der Waals surface area contributed by atoms with Crippen LogP contribution in [0.2, 0.25) is 5.02 Å². The van der Waals surface area contributed by atoms with Gasteiger partial charge in [0.05, 0.1) is 15.1 Å². The minimum Gasteiger partial charge on any atom is -0.297 e. The summed E-state index contributed by atoms with van der Waals surface area (Å²) in [6, 6.07) is 7.47. The summed E-state index contributed by atoms with van der Waals surface area (Å²) >= 11 is 8.91. The highest BCUT2D eigenvalue weighted by atomic mass is 35.5. The Kier molecular flexibility index (Phi) is 3.97. The number of aromatic nitrogens is 1. The molecule has 0 aliphatic carbocycles. The van der Waals surface area contributed by atoms with E-state index < -0.39 is 0 Å². The maximum absolute atomic E-state index is 12.3. The number of rotatable bonds is 3. The predicted molar refractivity (Wildman–Crippen MR) is 91.0 cm³/mol. The fourth-order valence-electron chi connectivity index (χ4n) is 2.09. The number of hydrogen-bond donors (Lipinski definition) is 1. The number of hydrogen-bond acceptors (Lipinski definition) is 4. The SMILES string of the molecule is CCc1cc(C(=O)Nc2nc3ccc(Cl)cc3s2)sc1C. The van der Waals surface area contributed by atoms with Crippen molar-refractivity contribution in [2.75, 3.05) is 5.32 Å². The molecule has 0 aliphatic rings. The van der Waals surface area contributed by atoms with Crippen molar-refractivity contribution in [3.05, 3.63) is 44.6 Å². The normalized spacial score (nSPS) is 11.0. The Balaban J connectivity index is 1.85. The van der Waals surface area contributed by atoms with Crippen molar-refractivity contribution in [2.45, 2.75) is 20.3 Å². The monoisotopic (exact) mass is 336 g/mol. The molecule has 0 saturated heterocycles. The highest BCUT2D eigenvalue weighted by Crippen LogP contribution is 2.29. The Hall–Kier alpha value is -1.43. The number of nitrogens with one attached hydrogen (secondary N) is 1. The average molecular weight is 337 g/mol. The van der Waals surface area contributed by atoms with E-state index in [0.717, 1.165) is 21.5 Å². The molecule has 6 heteroatoms. The zero-order chi connectivity index (χ0) is 15.0. The van der Waals surface area contributed by atoms with Crippen LogP contribution in [0.25, 0.3) is 10.2 Å². The van der Waals surface area contributed by atoms with Crippen molar-refractivity contribution in [3.63, 3.8) is 0 Å². The summed E-state index contributed by atoms with van der Waals surface area (Å²) in [4.78, 5) is 18.6. The number of amides is 1. The minimum absolute atomic E-state index is 0.104. The molecule has 1 amide bonds. The Labute approximate surface area is 135 Å². The summed E-state index contributed by atoms with van der Waals surface area (Å²) in [7, 11) is 0. The minimum atomic E-state index is -0.104. The van der Waals surface area contributed by atoms with Crippen molar-refractivity contribution in [1.82, 2.24) is 4.98 Å². The van der Waals surface area contributed by atoms with Gasteiger partial charge in [-0.25, -0.2) is 4.98 Å². The van der Waals surface area contributed by atoms with Crippen LogP contribution in [-0.2, 0) is 6.42 Å². The molecule has 3 nitrogen and oxygen atoms in total. The van der Waals surface area contributed by atoms with Crippen LogP contribution in [-0.4, -0.2) is 10.9 Å². The molecule has 0 spiro atoms. The van der Waals surface area contributed by atoms with E-state index in [2.05, 4.69) is 17.2 Å². The molecule has 0 fully saturated rings. The van der Waals surface area contributed by atoms with Crippen LogP contribution in [0.1, 0.15) is 27.0 Å². The molecule has 0 bridgehead atoms. The van der Waals surface area contributed by atoms with Crippen molar-refractivity contribution in [2.24, 2.45) is 0 Å². The van der Waals surface area contributed by atoms with Crippen LogP contribution < -0.4 is 5.32 Å². The van der Waals surface area contributed by atoms with Gasteiger partial charge in [0.2, 0.25) is 0 Å². The maximum Gasteiger partial charge on any atom is 0.267 e. The smallest absolute Gasteiger partial charge is 0.267 e. The van der Waals surface area contributed by atoms with Gasteiger partial charge in [-0.3, -0.25) is 10.1 Å². The molecule has 0 unspecified atom stereocenters. The Morgan fingerprint density at radius 3 is 2.86 bits per heavy atom. The largest absolute Gasteiger partial charge is 0.297 e. The van der Waals surface area contributed by atoms with Crippen molar-refractivity contribution >= 4 is 55.5 Å². The third kappa shape index (κ3) is 2.95. The fraction of sp³-hybridized carbons (Fsp3) is 0.200. The third-order valence-corrected chi connectivity index (χ3v) is 5.46. The van der Waals surface area contributed by atoms with E-state index in [1.54, 1.807) is 6.07 Å². The predicted octanol–water partition coefficient (Wildman–Crippen LogP) is 5.13. The number of carbonyl (C=O) groups excluding carboxylic acids is 1. The van der Waals surface area contributed by atoms with Gasteiger partial charge in [0, 0.05) is 9.90 Å². The van der Waals surface area contributed by atoms with Crippen LogP contribution in [0.4, 0.5) is 5.13 Å². The summed E-state index contributed by atoms with van der Waals surface area (Å²) in [5.41, 5.74) is 2.07. The number of aryl methyl sites for hydroxylation is 2. The molecule has 108 valence electrons. The zero-order valence-corrected chi connectivity index (χ0v) is 14.0. The summed E-state index contributed by atoms with van der Waals surface area (Å²) < 4.78 is 0.967. The highest BCUT2D eigenvalue weighted by Gasteiger charge is 2.14. The zero-order valence-electron chi connectivity index (χ0n) is 11.6. The number of fused-ring (bicyclic) bond motifs is 1. The summed E-state index contributed by atoms with van der Waals surface area (Å²) in [6.45, 7) is 4.13. The summed E-state index contributed by atoms with van der Waals surface area (Å²) in [6.07, 6.45) is 0.940. The number of anilines is 1. The summed E-state index contributed by atoms with van der Waals surface area (Å²) in [5, 5.41) is 4.14. The lowest BCUT2D eigenvalue weighted by molar-refractivity contribution is 0.103. The highest BCUT2D eigenvalue weighted by molar-refractivity contribution is 7.22. The molecule has 0 saturated carbocycles. The second-order valence-electron chi connectivity index (χ2n) is 4.63. The first-order valence-corrected chi connectivity index (χ1v) is 8.54. The third-order valence-electron chi connectivity index (χ3n) is 3.20. The van der Waals surface area contributed by atoms with E-state index >= 15 is 0 Å². The van der Waals surface area contributed by atoms with Crippen LogP contribution in [0.15, 0.2) is 24.3 Å². The first kappa shape index (κ1) is 14.5. The molecule has 0 radical (unpaired) electrons. The maximum atomic E-state index is 12.3. The molecular formula is C15H13ClN2OS2. The van der Waals surface area contributed by atoms with Crippen LogP contribution in [0, 0.1) is 6.92 Å². The lowest BCUT2D eigenvalue weighted by Gasteiger charge is -1.97. The number of thiazole rings is 1. The lowest BCUT2D eigenvalue weighted by atomic mass is 10.2. The Bertz CT molecular complexity index is 822. The van der Waals surface area contributed by atoms with E-state index in [9.17, 15) is 4.79 Å². The molecule has 3 aromatic rings. The quantitative estimate of drug-likeness (QED) is 0.720. The van der Waals surface area contributed by atoms with Crippen LogP contribution in [0.5, 0.6) is 0 Å². The van der Waals surface area contributed by atoms with Gasteiger partial charge in [-0.15, -0.1) is 11.3 Å². The van der Waals surface area contributed by atoms with Gasteiger partial charge >= 0.3 is 0 Å². The summed E-state index contributed by atoms with van der Waals surface area (Å²) in [5.74, 6) is -0.104. The first-order chi connectivity index (χ1) is 10.1. The second-order valence-corrected chi connectivity index (χ2v) is 7.35. The Morgan fingerprint density at radius 2 is 2.14 bits per heavy atom. The molecule has 3 rings (SSSR count). The van der Waals surface area contributed by atoms with Crippen molar-refractivity contribution in [3.8, 4) is 0 Å². The standard InChI is InChI=1S/C15H13ClN2OS2/c1-3-9-6-13(20-8(9)2)14(19)18-15-17-11-5-4-10(16)7-12(11)21-15/h4-7H,3H2,1-2H3,(H,17,18,19). The van der Waals surface area contributed by atoms with E-state index in [0.29, 0.717) is 10.2 Å². The average Bonchev–Trinajstić information content (AvgIpc) is 3.01. The molecule has 2 aromatic heterocycles. The van der Waals surface area contributed by atoms with Crippen molar-refractivity contribution in [1.29, 1.82) is 0 Å². The first-order valence-electron chi connectivity index (χ1n) is 6.53. The number of nitrogens with zero attached hydrogens (tertiary/aromatic N) is 1. The van der Waals surface area contributed by atoms with Gasteiger partial charge in [-0.05, 0) is 43.2 Å². The van der Waals surface area contributed by atoms with E-state index in [-0.39, 0.29) is 5.91 Å². The van der Waals surface area contributed by atoms with Gasteiger partial charge in [-0.1, -0.05) is 29.9 Å². The van der Waals surface area contributed by atoms with Gasteiger partial charge in [0.25, 0.3) is 5.91 Å². The lowest BCUT2D eigenvalue weighted by Crippen LogP contribution is -2.09. The van der Waals surface area contributed by atoms with E-state index in [1.807, 2.05) is 25.1 Å². The Morgan fingerprint density at radius 1 is 1.33 bits per heavy atom. The van der Waals surface area contributed by atoms with Crippen LogP contribution in [0.3, 0.4) is 0 Å².